The highest BCUT2D eigenvalue weighted by Gasteiger charge is 2.26. The largest absolute Gasteiger partial charge is 0.506 e. The molecule has 3 heterocycles. The number of rotatable bonds is 10. The third-order valence-electron chi connectivity index (χ3n) is 8.46. The third kappa shape index (κ3) is 7.21. The second-order valence-corrected chi connectivity index (χ2v) is 12.3. The molecule has 3 aliphatic rings. The van der Waals surface area contributed by atoms with Crippen LogP contribution >= 0.6 is 11.8 Å². The van der Waals surface area contributed by atoms with Crippen molar-refractivity contribution in [2.45, 2.75) is 67.7 Å². The minimum atomic E-state index is -0.175. The summed E-state index contributed by atoms with van der Waals surface area (Å²) in [4.78, 5) is 32.9. The van der Waals surface area contributed by atoms with Gasteiger partial charge in [0.05, 0.1) is 4.90 Å². The molecule has 3 aliphatic heterocycles. The van der Waals surface area contributed by atoms with Gasteiger partial charge < -0.3 is 25.1 Å². The van der Waals surface area contributed by atoms with Crippen LogP contribution in [0.15, 0.2) is 52.3 Å². The van der Waals surface area contributed by atoms with Crippen molar-refractivity contribution in [1.82, 2.24) is 15.1 Å². The zero-order valence-electron chi connectivity index (χ0n) is 23.6. The summed E-state index contributed by atoms with van der Waals surface area (Å²) in [6.07, 6.45) is 10.7. The third-order valence-corrected chi connectivity index (χ3v) is 9.50. The number of phenols is 1. The molecule has 40 heavy (non-hydrogen) atoms. The summed E-state index contributed by atoms with van der Waals surface area (Å²) < 4.78 is 0. The van der Waals surface area contributed by atoms with Crippen molar-refractivity contribution in [3.05, 3.63) is 53.6 Å². The number of hydrogen-bond acceptors (Lipinski definition) is 6. The Labute approximate surface area is 242 Å². The number of carbonyl (C=O) groups is 2. The molecular formula is C32H42N4O3S. The van der Waals surface area contributed by atoms with Crippen LogP contribution in [0.1, 0.15) is 56.1 Å². The van der Waals surface area contributed by atoms with Crippen LogP contribution in [0, 0.1) is 6.92 Å². The van der Waals surface area contributed by atoms with E-state index >= 15 is 0 Å². The maximum absolute atomic E-state index is 12.3. The van der Waals surface area contributed by atoms with Gasteiger partial charge in [-0.3, -0.25) is 9.59 Å². The van der Waals surface area contributed by atoms with Gasteiger partial charge in [-0.1, -0.05) is 23.9 Å². The Hall–Kier alpha value is -2.97. The van der Waals surface area contributed by atoms with E-state index in [1.807, 2.05) is 24.0 Å². The summed E-state index contributed by atoms with van der Waals surface area (Å²) in [6.45, 7) is 8.64. The number of nitrogens with one attached hydrogen (secondary N) is 1. The SMILES string of the molecule is Cc1c(/C=C/C(=O)NCCCN2CCCC2=O)ccc(Sc2cccc(N3CCC(N4CCCC4)CC3)c2)c1O. The monoisotopic (exact) mass is 562 g/mol. The van der Waals surface area contributed by atoms with E-state index in [9.17, 15) is 14.7 Å². The minimum Gasteiger partial charge on any atom is -0.506 e. The Morgan fingerprint density at radius 1 is 1.07 bits per heavy atom. The van der Waals surface area contributed by atoms with Crippen molar-refractivity contribution in [2.24, 2.45) is 0 Å². The van der Waals surface area contributed by atoms with Gasteiger partial charge >= 0.3 is 0 Å². The Morgan fingerprint density at radius 3 is 2.62 bits per heavy atom. The van der Waals surface area contributed by atoms with E-state index in [1.54, 1.807) is 17.8 Å². The van der Waals surface area contributed by atoms with Crippen LogP contribution < -0.4 is 10.2 Å². The molecular weight excluding hydrogens is 520 g/mol. The number of phenolic OH excluding ortho intramolecular Hbond substituents is 1. The molecule has 0 saturated carbocycles. The summed E-state index contributed by atoms with van der Waals surface area (Å²) in [7, 11) is 0. The van der Waals surface area contributed by atoms with Crippen LogP contribution in [0.25, 0.3) is 6.08 Å². The van der Waals surface area contributed by atoms with Crippen molar-refractivity contribution in [3.63, 3.8) is 0 Å². The van der Waals surface area contributed by atoms with Crippen molar-refractivity contribution in [1.29, 1.82) is 0 Å². The fourth-order valence-electron chi connectivity index (χ4n) is 6.07. The molecule has 0 aliphatic carbocycles. The summed E-state index contributed by atoms with van der Waals surface area (Å²) in [5.74, 6) is 0.287. The smallest absolute Gasteiger partial charge is 0.244 e. The maximum Gasteiger partial charge on any atom is 0.244 e. The van der Waals surface area contributed by atoms with Crippen molar-refractivity contribution in [3.8, 4) is 5.75 Å². The van der Waals surface area contributed by atoms with Crippen LogP contribution in [-0.4, -0.2) is 78.6 Å². The second-order valence-electron chi connectivity index (χ2n) is 11.1. The molecule has 214 valence electrons. The first-order chi connectivity index (χ1) is 19.5. The molecule has 2 amide bonds. The lowest BCUT2D eigenvalue weighted by atomic mass is 10.0. The molecule has 2 N–H and O–H groups in total. The molecule has 3 fully saturated rings. The van der Waals surface area contributed by atoms with E-state index in [0.29, 0.717) is 19.5 Å². The van der Waals surface area contributed by atoms with Crippen molar-refractivity contribution >= 4 is 35.3 Å². The Kier molecular flexibility index (Phi) is 9.70. The van der Waals surface area contributed by atoms with Crippen LogP contribution in [0.2, 0.25) is 0 Å². The molecule has 3 saturated heterocycles. The fraction of sp³-hybridized carbons (Fsp3) is 0.500. The van der Waals surface area contributed by atoms with E-state index in [-0.39, 0.29) is 17.6 Å². The van der Waals surface area contributed by atoms with Gasteiger partial charge in [-0.2, -0.15) is 0 Å². The summed E-state index contributed by atoms with van der Waals surface area (Å²) in [5.41, 5.74) is 2.81. The predicted molar refractivity (Wildman–Crippen MR) is 162 cm³/mol. The van der Waals surface area contributed by atoms with E-state index in [4.69, 9.17) is 0 Å². The number of hydrogen-bond donors (Lipinski definition) is 2. The first-order valence-electron chi connectivity index (χ1n) is 14.8. The number of likely N-dealkylation sites (tertiary alicyclic amines) is 2. The summed E-state index contributed by atoms with van der Waals surface area (Å²) >= 11 is 1.57. The van der Waals surface area contributed by atoms with E-state index in [0.717, 1.165) is 59.4 Å². The van der Waals surface area contributed by atoms with Gasteiger partial charge in [-0.05, 0) is 100 Å². The minimum absolute atomic E-state index is 0.175. The van der Waals surface area contributed by atoms with Gasteiger partial charge in [0.2, 0.25) is 11.8 Å². The highest BCUT2D eigenvalue weighted by Crippen LogP contribution is 2.39. The van der Waals surface area contributed by atoms with E-state index < -0.39 is 0 Å². The highest BCUT2D eigenvalue weighted by atomic mass is 32.2. The molecule has 7 nitrogen and oxygen atoms in total. The summed E-state index contributed by atoms with van der Waals surface area (Å²) in [5, 5.41) is 13.8. The van der Waals surface area contributed by atoms with Gasteiger partial charge in [-0.25, -0.2) is 0 Å². The van der Waals surface area contributed by atoms with Gasteiger partial charge in [0.25, 0.3) is 0 Å². The lowest BCUT2D eigenvalue weighted by Gasteiger charge is -2.37. The average molecular weight is 563 g/mol. The zero-order chi connectivity index (χ0) is 27.9. The quantitative estimate of drug-likeness (QED) is 0.312. The first kappa shape index (κ1) is 28.6. The normalized spacial score (nSPS) is 18.8. The van der Waals surface area contributed by atoms with E-state index in [1.165, 1.54) is 50.5 Å². The van der Waals surface area contributed by atoms with Gasteiger partial charge in [0, 0.05) is 61.8 Å². The summed E-state index contributed by atoms with van der Waals surface area (Å²) in [6, 6.07) is 13.2. The molecule has 0 bridgehead atoms. The molecule has 2 aromatic carbocycles. The number of benzene rings is 2. The fourth-order valence-corrected chi connectivity index (χ4v) is 7.03. The maximum atomic E-state index is 12.3. The molecule has 0 atom stereocenters. The number of carbonyl (C=O) groups excluding carboxylic acids is 2. The van der Waals surface area contributed by atoms with Gasteiger partial charge in [-0.15, -0.1) is 0 Å². The average Bonchev–Trinajstić information content (AvgIpc) is 3.66. The molecule has 0 aromatic heterocycles. The van der Waals surface area contributed by atoms with Crippen LogP contribution in [0.3, 0.4) is 0 Å². The standard InChI is InChI=1S/C32H42N4O3S/c1-24-25(11-13-30(37)33-16-6-20-36-19-5-9-31(36)38)10-12-29(32(24)39)40-28-8-4-7-27(23-28)35-21-14-26(15-22-35)34-17-2-3-18-34/h4,7-8,10-13,23,26,39H,2-3,5-6,9,14-22H2,1H3,(H,33,37)/b13-11+. The van der Waals surface area contributed by atoms with Crippen molar-refractivity contribution < 1.29 is 14.7 Å². The molecule has 5 rings (SSSR count). The predicted octanol–water partition coefficient (Wildman–Crippen LogP) is 5.06. The molecule has 8 heteroatoms. The first-order valence-corrected chi connectivity index (χ1v) is 15.6. The molecule has 2 aromatic rings. The second kappa shape index (κ2) is 13.6. The number of piperidine rings is 1. The van der Waals surface area contributed by atoms with Crippen molar-refractivity contribution in [2.75, 3.05) is 50.7 Å². The zero-order valence-corrected chi connectivity index (χ0v) is 24.4. The molecule has 0 unspecified atom stereocenters. The number of anilines is 1. The van der Waals surface area contributed by atoms with Gasteiger partial charge in [0.1, 0.15) is 5.75 Å². The van der Waals surface area contributed by atoms with Crippen LogP contribution in [-0.2, 0) is 9.59 Å². The van der Waals surface area contributed by atoms with E-state index in [2.05, 4.69) is 39.4 Å². The van der Waals surface area contributed by atoms with Gasteiger partial charge in [0.15, 0.2) is 0 Å². The Morgan fingerprint density at radius 2 is 1.88 bits per heavy atom. The highest BCUT2D eigenvalue weighted by molar-refractivity contribution is 7.99. The Balaban J connectivity index is 1.12. The molecule has 0 radical (unpaired) electrons. The lowest BCUT2D eigenvalue weighted by molar-refractivity contribution is -0.127. The topological polar surface area (TPSA) is 76.1 Å². The van der Waals surface area contributed by atoms with Crippen LogP contribution in [0.4, 0.5) is 5.69 Å². The number of nitrogens with zero attached hydrogens (tertiary/aromatic N) is 3. The Bertz CT molecular complexity index is 1220. The molecule has 0 spiro atoms. The van der Waals surface area contributed by atoms with Crippen LogP contribution in [0.5, 0.6) is 5.75 Å². The lowest BCUT2D eigenvalue weighted by Crippen LogP contribution is -2.43. The number of aromatic hydroxyl groups is 1. The number of amides is 2.